The van der Waals surface area contributed by atoms with Crippen LogP contribution in [0.1, 0.15) is 6.42 Å². The van der Waals surface area contributed by atoms with Crippen LogP contribution < -0.4 is 10.5 Å². The van der Waals surface area contributed by atoms with E-state index in [4.69, 9.17) is 17.3 Å². The minimum atomic E-state index is -3.44. The number of nitrogen functional groups attached to an aromatic ring is 1. The zero-order valence-corrected chi connectivity index (χ0v) is 10.1. The van der Waals surface area contributed by atoms with E-state index in [0.717, 1.165) is 6.42 Å². The normalized spacial score (nSPS) is 16.8. The lowest BCUT2D eigenvalue weighted by molar-refractivity contribution is 0.311. The number of hydrogen-bond acceptors (Lipinski definition) is 3. The van der Waals surface area contributed by atoms with Gasteiger partial charge in [0, 0.05) is 23.8 Å². The Hall–Kier alpha value is -0.980. The largest absolute Gasteiger partial charge is 0.399 e. The molecule has 1 aromatic rings. The van der Waals surface area contributed by atoms with Gasteiger partial charge in [0.15, 0.2) is 0 Å². The molecule has 0 amide bonds. The van der Waals surface area contributed by atoms with Gasteiger partial charge >= 0.3 is 10.2 Å². The summed E-state index contributed by atoms with van der Waals surface area (Å²) in [4.78, 5) is 0. The SMILES string of the molecule is Nc1cc(Cl)cc(NS(=O)(=O)N2CCC2)c1. The summed E-state index contributed by atoms with van der Waals surface area (Å²) in [5.41, 5.74) is 6.38. The number of hydrogen-bond donors (Lipinski definition) is 2. The summed E-state index contributed by atoms with van der Waals surface area (Å²) in [5.74, 6) is 0. The Morgan fingerprint density at radius 2 is 2.00 bits per heavy atom. The van der Waals surface area contributed by atoms with Gasteiger partial charge in [-0.25, -0.2) is 0 Å². The van der Waals surface area contributed by atoms with Crippen molar-refractivity contribution in [2.24, 2.45) is 0 Å². The number of benzene rings is 1. The van der Waals surface area contributed by atoms with Gasteiger partial charge in [0.25, 0.3) is 0 Å². The van der Waals surface area contributed by atoms with Crippen LogP contribution in [-0.4, -0.2) is 25.8 Å². The van der Waals surface area contributed by atoms with Crippen LogP contribution in [0.3, 0.4) is 0 Å². The van der Waals surface area contributed by atoms with Crippen molar-refractivity contribution in [3.05, 3.63) is 23.2 Å². The predicted molar refractivity (Wildman–Crippen MR) is 64.6 cm³/mol. The number of halogens is 1. The van der Waals surface area contributed by atoms with Gasteiger partial charge in [-0.3, -0.25) is 4.72 Å². The summed E-state index contributed by atoms with van der Waals surface area (Å²) in [6.45, 7) is 1.12. The minimum Gasteiger partial charge on any atom is -0.399 e. The van der Waals surface area contributed by atoms with Crippen LogP contribution in [0, 0.1) is 0 Å². The molecule has 0 bridgehead atoms. The molecule has 88 valence electrons. The Labute approximate surface area is 99.4 Å². The number of nitrogens with two attached hydrogens (primary N) is 1. The molecular formula is C9H12ClN3O2S. The molecule has 0 aliphatic carbocycles. The molecule has 7 heteroatoms. The second-order valence-electron chi connectivity index (χ2n) is 3.63. The average Bonchev–Trinajstić information content (AvgIpc) is 1.94. The molecule has 16 heavy (non-hydrogen) atoms. The molecule has 1 aromatic carbocycles. The third kappa shape index (κ3) is 2.40. The van der Waals surface area contributed by atoms with E-state index >= 15 is 0 Å². The molecule has 0 radical (unpaired) electrons. The first-order chi connectivity index (χ1) is 7.47. The molecule has 0 saturated carbocycles. The van der Waals surface area contributed by atoms with E-state index in [0.29, 0.717) is 29.5 Å². The van der Waals surface area contributed by atoms with Crippen molar-refractivity contribution >= 4 is 33.2 Å². The summed E-state index contributed by atoms with van der Waals surface area (Å²) in [7, 11) is -3.44. The van der Waals surface area contributed by atoms with Crippen LogP contribution in [0.15, 0.2) is 18.2 Å². The zero-order chi connectivity index (χ0) is 11.8. The lowest BCUT2D eigenvalue weighted by Gasteiger charge is -2.29. The van der Waals surface area contributed by atoms with E-state index in [-0.39, 0.29) is 0 Å². The van der Waals surface area contributed by atoms with Gasteiger partial charge in [-0.15, -0.1) is 0 Å². The fourth-order valence-electron chi connectivity index (χ4n) is 1.41. The Morgan fingerprint density at radius 1 is 1.31 bits per heavy atom. The Bertz CT molecular complexity index is 479. The maximum atomic E-state index is 11.7. The molecule has 1 aliphatic heterocycles. The summed E-state index contributed by atoms with van der Waals surface area (Å²) in [6, 6.07) is 4.61. The van der Waals surface area contributed by atoms with E-state index < -0.39 is 10.2 Å². The van der Waals surface area contributed by atoms with E-state index in [1.165, 1.54) is 16.4 Å². The molecule has 1 aliphatic rings. The third-order valence-electron chi connectivity index (χ3n) is 2.32. The molecular weight excluding hydrogens is 250 g/mol. The van der Waals surface area contributed by atoms with Gasteiger partial charge in [0.1, 0.15) is 0 Å². The fraction of sp³-hybridized carbons (Fsp3) is 0.333. The highest BCUT2D eigenvalue weighted by Gasteiger charge is 2.27. The Balaban J connectivity index is 2.19. The standard InChI is InChI=1S/C9H12ClN3O2S/c10-7-4-8(11)6-9(5-7)12-16(14,15)13-2-1-3-13/h4-6,12H,1-3,11H2. The van der Waals surface area contributed by atoms with Crippen LogP contribution in [-0.2, 0) is 10.2 Å². The summed E-state index contributed by atoms with van der Waals surface area (Å²) in [6.07, 6.45) is 0.901. The van der Waals surface area contributed by atoms with E-state index in [1.807, 2.05) is 0 Å². The van der Waals surface area contributed by atoms with Crippen molar-refractivity contribution in [3.63, 3.8) is 0 Å². The number of nitrogens with zero attached hydrogens (tertiary/aromatic N) is 1. The lowest BCUT2D eigenvalue weighted by Crippen LogP contribution is -2.45. The average molecular weight is 262 g/mol. The first kappa shape index (κ1) is 11.5. The van der Waals surface area contributed by atoms with Gasteiger partial charge < -0.3 is 5.73 Å². The van der Waals surface area contributed by atoms with Gasteiger partial charge in [0.2, 0.25) is 0 Å². The Morgan fingerprint density at radius 3 is 2.50 bits per heavy atom. The molecule has 0 spiro atoms. The van der Waals surface area contributed by atoms with Crippen LogP contribution in [0.4, 0.5) is 11.4 Å². The number of anilines is 2. The first-order valence-corrected chi connectivity index (χ1v) is 6.63. The van der Waals surface area contributed by atoms with Crippen molar-refractivity contribution in [3.8, 4) is 0 Å². The van der Waals surface area contributed by atoms with Crippen molar-refractivity contribution < 1.29 is 8.42 Å². The van der Waals surface area contributed by atoms with E-state index in [2.05, 4.69) is 4.72 Å². The van der Waals surface area contributed by atoms with Gasteiger partial charge in [0.05, 0.1) is 5.69 Å². The maximum Gasteiger partial charge on any atom is 0.301 e. The topological polar surface area (TPSA) is 75.4 Å². The summed E-state index contributed by atoms with van der Waals surface area (Å²) in [5, 5.41) is 0.404. The highest BCUT2D eigenvalue weighted by Crippen LogP contribution is 2.23. The molecule has 1 saturated heterocycles. The molecule has 0 aromatic heterocycles. The van der Waals surface area contributed by atoms with Gasteiger partial charge in [-0.05, 0) is 24.6 Å². The third-order valence-corrected chi connectivity index (χ3v) is 4.08. The molecule has 0 atom stereocenters. The molecule has 2 rings (SSSR count). The minimum absolute atomic E-state index is 0.386. The van der Waals surface area contributed by atoms with E-state index in [1.54, 1.807) is 6.07 Å². The quantitative estimate of drug-likeness (QED) is 0.805. The molecule has 3 N–H and O–H groups in total. The smallest absolute Gasteiger partial charge is 0.301 e. The van der Waals surface area contributed by atoms with Gasteiger partial charge in [-0.1, -0.05) is 11.6 Å². The first-order valence-electron chi connectivity index (χ1n) is 4.81. The van der Waals surface area contributed by atoms with Crippen LogP contribution in [0.2, 0.25) is 5.02 Å². The molecule has 5 nitrogen and oxygen atoms in total. The number of rotatable bonds is 3. The monoisotopic (exact) mass is 261 g/mol. The molecule has 0 unspecified atom stereocenters. The molecule has 1 fully saturated rings. The predicted octanol–water partition coefficient (Wildman–Crippen LogP) is 1.28. The Kier molecular flexibility index (Phi) is 2.96. The van der Waals surface area contributed by atoms with Gasteiger partial charge in [-0.2, -0.15) is 12.7 Å². The van der Waals surface area contributed by atoms with E-state index in [9.17, 15) is 8.42 Å². The summed E-state index contributed by atoms with van der Waals surface area (Å²) < 4.78 is 27.3. The summed E-state index contributed by atoms with van der Waals surface area (Å²) >= 11 is 5.78. The second kappa shape index (κ2) is 4.12. The number of nitrogens with one attached hydrogen (secondary N) is 1. The highest BCUT2D eigenvalue weighted by molar-refractivity contribution is 7.90. The maximum absolute atomic E-state index is 11.7. The van der Waals surface area contributed by atoms with Crippen LogP contribution in [0.25, 0.3) is 0 Å². The van der Waals surface area contributed by atoms with Crippen molar-refractivity contribution in [1.29, 1.82) is 0 Å². The van der Waals surface area contributed by atoms with Crippen molar-refractivity contribution in [2.45, 2.75) is 6.42 Å². The molecule has 1 heterocycles. The highest BCUT2D eigenvalue weighted by atomic mass is 35.5. The van der Waals surface area contributed by atoms with Crippen LogP contribution >= 0.6 is 11.6 Å². The van der Waals surface area contributed by atoms with Crippen LogP contribution in [0.5, 0.6) is 0 Å². The lowest BCUT2D eigenvalue weighted by atomic mass is 10.3. The zero-order valence-electron chi connectivity index (χ0n) is 8.48. The fourth-order valence-corrected chi connectivity index (χ4v) is 2.94. The second-order valence-corrected chi connectivity index (χ2v) is 5.74. The van der Waals surface area contributed by atoms with Crippen molar-refractivity contribution in [2.75, 3.05) is 23.5 Å². The van der Waals surface area contributed by atoms with Crippen molar-refractivity contribution in [1.82, 2.24) is 4.31 Å².